The van der Waals surface area contributed by atoms with Gasteiger partial charge in [0, 0.05) is 5.92 Å². The van der Waals surface area contributed by atoms with Crippen LogP contribution in [-0.2, 0) is 4.79 Å². The summed E-state index contributed by atoms with van der Waals surface area (Å²) in [4.78, 5) is 12.1. The maximum absolute atomic E-state index is 11.1. The molecule has 21 heavy (non-hydrogen) atoms. The molecule has 2 aromatic heterocycles. The van der Waals surface area contributed by atoms with Crippen molar-refractivity contribution in [2.45, 2.75) is 35.6 Å². The number of thioether (sulfide) groups is 1. The number of hydrogen-bond donors (Lipinski definition) is 1. The Hall–Kier alpha value is -1.67. The molecule has 0 saturated heterocycles. The minimum absolute atomic E-state index is 0.0347. The van der Waals surface area contributed by atoms with Gasteiger partial charge < -0.3 is 5.11 Å². The monoisotopic (exact) mass is 320 g/mol. The fraction of sp³-hybridized carbons (Fsp3) is 0.385. The van der Waals surface area contributed by atoms with Crippen LogP contribution >= 0.6 is 23.1 Å². The van der Waals surface area contributed by atoms with Gasteiger partial charge >= 0.3 is 5.97 Å². The summed E-state index contributed by atoms with van der Waals surface area (Å²) in [6.07, 6.45) is 2.30. The third-order valence-corrected chi connectivity index (χ3v) is 5.50. The van der Waals surface area contributed by atoms with E-state index < -0.39 is 5.97 Å². The average molecular weight is 320 g/mol. The Morgan fingerprint density at radius 1 is 1.43 bits per heavy atom. The van der Waals surface area contributed by atoms with E-state index in [0.717, 1.165) is 29.3 Å². The lowest BCUT2D eigenvalue weighted by Gasteiger charge is -2.20. The Labute approximate surface area is 128 Å². The first-order chi connectivity index (χ1) is 10.2. The molecule has 1 N–H and O–H groups in total. The summed E-state index contributed by atoms with van der Waals surface area (Å²) in [5, 5.41) is 24.7. The fourth-order valence-corrected chi connectivity index (χ4v) is 4.25. The average Bonchev–Trinajstić information content (AvgIpc) is 3.00. The number of hydrogen-bond acceptors (Lipinski definition) is 6. The van der Waals surface area contributed by atoms with Crippen LogP contribution in [0.2, 0.25) is 0 Å². The Bertz CT molecular complexity index is 719. The Morgan fingerprint density at radius 3 is 2.95 bits per heavy atom. The molecule has 2 aromatic rings. The summed E-state index contributed by atoms with van der Waals surface area (Å²) >= 11 is 3.02. The second-order valence-electron chi connectivity index (χ2n) is 5.09. The minimum atomic E-state index is -0.827. The van der Waals surface area contributed by atoms with Crippen LogP contribution < -0.4 is 0 Å². The predicted molar refractivity (Wildman–Crippen MR) is 80.1 cm³/mol. The Kier molecular flexibility index (Phi) is 3.07. The van der Waals surface area contributed by atoms with Gasteiger partial charge in [-0.25, -0.2) is 0 Å². The van der Waals surface area contributed by atoms with Crippen molar-refractivity contribution in [2.75, 3.05) is 0 Å². The van der Waals surface area contributed by atoms with Gasteiger partial charge in [-0.05, 0) is 24.3 Å². The van der Waals surface area contributed by atoms with E-state index >= 15 is 0 Å². The highest BCUT2D eigenvalue weighted by Crippen LogP contribution is 2.42. The zero-order valence-electron chi connectivity index (χ0n) is 11.0. The number of rotatable bonds is 4. The molecule has 108 valence electrons. The lowest BCUT2D eigenvalue weighted by atomic mass is 10.1. The molecule has 3 heterocycles. The van der Waals surface area contributed by atoms with Crippen LogP contribution in [0.5, 0.6) is 0 Å². The third-order valence-electron chi connectivity index (χ3n) is 3.47. The van der Waals surface area contributed by atoms with Crippen molar-refractivity contribution in [3.8, 4) is 0 Å². The van der Waals surface area contributed by atoms with Crippen molar-refractivity contribution in [1.29, 1.82) is 0 Å². The van der Waals surface area contributed by atoms with E-state index in [0.29, 0.717) is 11.1 Å². The molecule has 1 aliphatic carbocycles. The van der Waals surface area contributed by atoms with Crippen LogP contribution in [0.15, 0.2) is 27.8 Å². The molecule has 6 nitrogen and oxygen atoms in total. The van der Waals surface area contributed by atoms with Crippen LogP contribution in [0.3, 0.4) is 0 Å². The van der Waals surface area contributed by atoms with Gasteiger partial charge in [-0.1, -0.05) is 17.8 Å². The number of nitrogens with zero attached hydrogens (tertiary/aromatic N) is 4. The van der Waals surface area contributed by atoms with E-state index in [1.807, 2.05) is 17.5 Å². The number of carboxylic acid groups (broad SMARTS) is 1. The van der Waals surface area contributed by atoms with Gasteiger partial charge in [0.25, 0.3) is 0 Å². The molecule has 1 saturated carbocycles. The highest BCUT2D eigenvalue weighted by molar-refractivity contribution is 8.00. The molecule has 1 atom stereocenters. The van der Waals surface area contributed by atoms with Gasteiger partial charge in [-0.15, -0.1) is 21.5 Å². The first-order valence-electron chi connectivity index (χ1n) is 6.69. The van der Waals surface area contributed by atoms with E-state index in [4.69, 9.17) is 5.11 Å². The van der Waals surface area contributed by atoms with E-state index in [1.54, 1.807) is 16.0 Å². The van der Waals surface area contributed by atoms with Gasteiger partial charge in [0.1, 0.15) is 0 Å². The number of aromatic nitrogens is 3. The minimum Gasteiger partial charge on any atom is -0.481 e. The van der Waals surface area contributed by atoms with Crippen LogP contribution in [-0.4, -0.2) is 36.9 Å². The van der Waals surface area contributed by atoms with Gasteiger partial charge in [-0.2, -0.15) is 9.78 Å². The van der Waals surface area contributed by atoms with E-state index in [-0.39, 0.29) is 11.7 Å². The summed E-state index contributed by atoms with van der Waals surface area (Å²) in [7, 11) is 0. The molecule has 2 aliphatic rings. The summed E-state index contributed by atoms with van der Waals surface area (Å²) < 4.78 is 1.80. The number of fused-ring (bicyclic) bond motifs is 1. The SMILES string of the molecule is O=C(O)C[C@@H]1Sc2nnc(C3CC3)n2N=C1c1cccs1. The third kappa shape index (κ3) is 2.38. The van der Waals surface area contributed by atoms with Crippen LogP contribution in [0.1, 0.15) is 35.9 Å². The molecule has 8 heteroatoms. The quantitative estimate of drug-likeness (QED) is 0.935. The van der Waals surface area contributed by atoms with Crippen molar-refractivity contribution in [2.24, 2.45) is 5.10 Å². The molecular weight excluding hydrogens is 308 g/mol. The largest absolute Gasteiger partial charge is 0.481 e. The smallest absolute Gasteiger partial charge is 0.304 e. The van der Waals surface area contributed by atoms with Crippen LogP contribution in [0.4, 0.5) is 0 Å². The Balaban J connectivity index is 1.78. The molecule has 0 bridgehead atoms. The standard InChI is InChI=1S/C13H12N4O2S2/c18-10(19)6-9-11(8-2-1-5-20-8)16-17-12(7-3-4-7)14-15-13(17)21-9/h1-2,5,7,9H,3-4,6H2,(H,18,19)/t9-/m0/s1. The zero-order chi connectivity index (χ0) is 14.4. The summed E-state index contributed by atoms with van der Waals surface area (Å²) in [5.41, 5.74) is 0.812. The van der Waals surface area contributed by atoms with Gasteiger partial charge in [0.15, 0.2) is 5.82 Å². The second-order valence-corrected chi connectivity index (χ2v) is 7.21. The predicted octanol–water partition coefficient (Wildman–Crippen LogP) is 2.42. The number of thiophene rings is 1. The molecular formula is C13H12N4O2S2. The van der Waals surface area contributed by atoms with E-state index in [1.165, 1.54) is 11.8 Å². The lowest BCUT2D eigenvalue weighted by molar-refractivity contribution is -0.136. The molecule has 4 rings (SSSR count). The first kappa shape index (κ1) is 13.0. The van der Waals surface area contributed by atoms with E-state index in [9.17, 15) is 4.79 Å². The summed E-state index contributed by atoms with van der Waals surface area (Å²) in [6, 6.07) is 3.93. The maximum Gasteiger partial charge on any atom is 0.304 e. The number of carboxylic acids is 1. The van der Waals surface area contributed by atoms with Gasteiger partial charge in [-0.3, -0.25) is 4.79 Å². The zero-order valence-corrected chi connectivity index (χ0v) is 12.6. The molecule has 0 radical (unpaired) electrons. The summed E-state index contributed by atoms with van der Waals surface area (Å²) in [5.74, 6) is 0.531. The fourth-order valence-electron chi connectivity index (χ4n) is 2.32. The maximum atomic E-state index is 11.1. The summed E-state index contributed by atoms with van der Waals surface area (Å²) in [6.45, 7) is 0. The van der Waals surface area contributed by atoms with Crippen molar-refractivity contribution in [3.63, 3.8) is 0 Å². The highest BCUT2D eigenvalue weighted by Gasteiger charge is 2.35. The Morgan fingerprint density at radius 2 is 2.29 bits per heavy atom. The van der Waals surface area contributed by atoms with Gasteiger partial charge in [0.2, 0.25) is 5.16 Å². The molecule has 0 spiro atoms. The number of aliphatic carboxylic acids is 1. The van der Waals surface area contributed by atoms with Crippen LogP contribution in [0, 0.1) is 0 Å². The lowest BCUT2D eigenvalue weighted by Crippen LogP contribution is -2.26. The van der Waals surface area contributed by atoms with E-state index in [2.05, 4.69) is 15.3 Å². The van der Waals surface area contributed by atoms with Gasteiger partial charge in [0.05, 0.1) is 22.3 Å². The van der Waals surface area contributed by atoms with Crippen molar-refractivity contribution in [1.82, 2.24) is 14.9 Å². The second kappa shape index (κ2) is 4.96. The first-order valence-corrected chi connectivity index (χ1v) is 8.45. The topological polar surface area (TPSA) is 80.4 Å². The molecule has 1 fully saturated rings. The highest BCUT2D eigenvalue weighted by atomic mass is 32.2. The van der Waals surface area contributed by atoms with Crippen molar-refractivity contribution in [3.05, 3.63) is 28.2 Å². The molecule has 1 aliphatic heterocycles. The van der Waals surface area contributed by atoms with Crippen molar-refractivity contribution >= 4 is 34.8 Å². The van der Waals surface area contributed by atoms with Crippen molar-refractivity contribution < 1.29 is 9.90 Å². The molecule has 0 aromatic carbocycles. The molecule has 0 unspecified atom stereocenters. The van der Waals surface area contributed by atoms with Crippen LogP contribution in [0.25, 0.3) is 0 Å². The number of carbonyl (C=O) groups is 1. The molecule has 0 amide bonds. The normalized spacial score (nSPS) is 21.0.